The van der Waals surface area contributed by atoms with E-state index >= 15 is 0 Å². The third kappa shape index (κ3) is 3.78. The lowest BCUT2D eigenvalue weighted by molar-refractivity contribution is 0.494. The maximum absolute atomic E-state index is 6.25. The second-order valence-electron chi connectivity index (χ2n) is 4.90. The number of halogens is 1. The van der Waals surface area contributed by atoms with E-state index in [-0.39, 0.29) is 12.1 Å². The Balaban J connectivity index is 2.06. The molecule has 106 valence electrons. The molecule has 0 fully saturated rings. The van der Waals surface area contributed by atoms with Crippen molar-refractivity contribution in [1.29, 1.82) is 0 Å². The Morgan fingerprint density at radius 2 is 1.60 bits per heavy atom. The van der Waals surface area contributed by atoms with Crippen LogP contribution in [0.2, 0.25) is 5.02 Å². The van der Waals surface area contributed by atoms with Crippen molar-refractivity contribution in [2.75, 3.05) is 6.26 Å². The van der Waals surface area contributed by atoms with Crippen LogP contribution in [0.5, 0.6) is 0 Å². The number of hydrogen-bond acceptors (Lipinski definition) is 2. The Hall–Kier alpha value is -0.960. The fraction of sp³-hybridized carbons (Fsp3) is 0.294. The predicted molar refractivity (Wildman–Crippen MR) is 89.6 cm³/mol. The van der Waals surface area contributed by atoms with Crippen molar-refractivity contribution in [3.63, 3.8) is 0 Å². The first kappa shape index (κ1) is 15.4. The monoisotopic (exact) mass is 305 g/mol. The van der Waals surface area contributed by atoms with Crippen LogP contribution in [-0.2, 0) is 0 Å². The van der Waals surface area contributed by atoms with Crippen molar-refractivity contribution in [3.8, 4) is 0 Å². The van der Waals surface area contributed by atoms with Gasteiger partial charge in [-0.15, -0.1) is 11.8 Å². The first-order chi connectivity index (χ1) is 9.61. The van der Waals surface area contributed by atoms with Crippen molar-refractivity contribution in [2.24, 2.45) is 0 Å². The lowest BCUT2D eigenvalue weighted by Gasteiger charge is -2.21. The Bertz CT molecular complexity index is 553. The zero-order chi connectivity index (χ0) is 14.5. The molecule has 20 heavy (non-hydrogen) atoms. The second-order valence-corrected chi connectivity index (χ2v) is 6.19. The van der Waals surface area contributed by atoms with Crippen LogP contribution in [0, 0.1) is 0 Å². The molecule has 0 aliphatic carbocycles. The molecule has 0 aliphatic heterocycles. The van der Waals surface area contributed by atoms with Gasteiger partial charge in [0.15, 0.2) is 0 Å². The molecule has 1 N–H and O–H groups in total. The molecule has 0 bridgehead atoms. The average molecular weight is 306 g/mol. The van der Waals surface area contributed by atoms with Crippen LogP contribution in [0.25, 0.3) is 0 Å². The molecule has 0 saturated carbocycles. The van der Waals surface area contributed by atoms with Gasteiger partial charge in [0.05, 0.1) is 0 Å². The normalized spacial score (nSPS) is 14.0. The van der Waals surface area contributed by atoms with Gasteiger partial charge in [0, 0.05) is 22.0 Å². The summed E-state index contributed by atoms with van der Waals surface area (Å²) in [5.74, 6) is 0. The second kappa shape index (κ2) is 7.16. The van der Waals surface area contributed by atoms with Crippen LogP contribution in [0.4, 0.5) is 0 Å². The van der Waals surface area contributed by atoms with Gasteiger partial charge in [0.2, 0.25) is 0 Å². The van der Waals surface area contributed by atoms with E-state index in [1.165, 1.54) is 10.5 Å². The highest BCUT2D eigenvalue weighted by Crippen LogP contribution is 2.25. The van der Waals surface area contributed by atoms with Crippen LogP contribution in [-0.4, -0.2) is 6.26 Å². The Morgan fingerprint density at radius 1 is 0.950 bits per heavy atom. The molecule has 0 amide bonds. The summed E-state index contributed by atoms with van der Waals surface area (Å²) in [6.45, 7) is 4.33. The van der Waals surface area contributed by atoms with Crippen molar-refractivity contribution >= 4 is 23.4 Å². The SMILES string of the molecule is CSc1ccc(C(C)N[C@H](C)c2ccccc2Cl)cc1. The molecule has 0 aliphatic rings. The first-order valence-corrected chi connectivity index (χ1v) is 8.36. The minimum Gasteiger partial charge on any atom is -0.304 e. The average Bonchev–Trinajstić information content (AvgIpc) is 2.47. The maximum Gasteiger partial charge on any atom is 0.0453 e. The number of rotatable bonds is 5. The molecule has 0 aromatic heterocycles. The van der Waals surface area contributed by atoms with E-state index < -0.39 is 0 Å². The van der Waals surface area contributed by atoms with Gasteiger partial charge < -0.3 is 5.32 Å². The minimum absolute atomic E-state index is 0.221. The van der Waals surface area contributed by atoms with E-state index in [1.54, 1.807) is 11.8 Å². The van der Waals surface area contributed by atoms with Gasteiger partial charge in [-0.25, -0.2) is 0 Å². The molecule has 0 radical (unpaired) electrons. The molecule has 1 nitrogen and oxygen atoms in total. The van der Waals surface area contributed by atoms with Crippen LogP contribution in [0.3, 0.4) is 0 Å². The molecule has 3 heteroatoms. The zero-order valence-electron chi connectivity index (χ0n) is 12.1. The predicted octanol–water partition coefficient (Wildman–Crippen LogP) is 5.47. The minimum atomic E-state index is 0.221. The molecule has 1 unspecified atom stereocenters. The number of nitrogens with one attached hydrogen (secondary N) is 1. The Labute approximate surface area is 130 Å². The molecule has 0 heterocycles. The maximum atomic E-state index is 6.25. The van der Waals surface area contributed by atoms with Gasteiger partial charge >= 0.3 is 0 Å². The summed E-state index contributed by atoms with van der Waals surface area (Å²) in [5, 5.41) is 4.42. The van der Waals surface area contributed by atoms with Crippen LogP contribution in [0.1, 0.15) is 37.1 Å². The molecule has 0 saturated heterocycles. The van der Waals surface area contributed by atoms with E-state index in [1.807, 2.05) is 18.2 Å². The standard InChI is InChI=1S/C17H20ClNS/c1-12(14-8-10-15(20-3)11-9-14)19-13(2)16-6-4-5-7-17(16)18/h4-13,19H,1-3H3/t12?,13-/m1/s1. The summed E-state index contributed by atoms with van der Waals surface area (Å²) in [4.78, 5) is 1.29. The smallest absolute Gasteiger partial charge is 0.0453 e. The molecular formula is C17H20ClNS. The fourth-order valence-electron chi connectivity index (χ4n) is 2.28. The van der Waals surface area contributed by atoms with E-state index in [9.17, 15) is 0 Å². The number of benzene rings is 2. The molecule has 2 aromatic carbocycles. The highest BCUT2D eigenvalue weighted by atomic mass is 35.5. The van der Waals surface area contributed by atoms with Gasteiger partial charge in [0.25, 0.3) is 0 Å². The third-order valence-electron chi connectivity index (χ3n) is 3.49. The lowest BCUT2D eigenvalue weighted by atomic mass is 10.0. The van der Waals surface area contributed by atoms with Gasteiger partial charge in [0.1, 0.15) is 0 Å². The van der Waals surface area contributed by atoms with Crippen LogP contribution in [0.15, 0.2) is 53.4 Å². The summed E-state index contributed by atoms with van der Waals surface area (Å²) in [6.07, 6.45) is 2.09. The van der Waals surface area contributed by atoms with Crippen LogP contribution >= 0.6 is 23.4 Å². The molecule has 0 spiro atoms. The van der Waals surface area contributed by atoms with E-state index in [0.717, 1.165) is 10.6 Å². The Morgan fingerprint density at radius 3 is 2.20 bits per heavy atom. The van der Waals surface area contributed by atoms with Gasteiger partial charge in [-0.2, -0.15) is 0 Å². The first-order valence-electron chi connectivity index (χ1n) is 6.76. The van der Waals surface area contributed by atoms with E-state index in [0.29, 0.717) is 0 Å². The van der Waals surface area contributed by atoms with Gasteiger partial charge in [-0.05, 0) is 49.4 Å². The summed E-state index contributed by atoms with van der Waals surface area (Å²) >= 11 is 8.01. The highest BCUT2D eigenvalue weighted by Gasteiger charge is 2.13. The Kier molecular flexibility index (Phi) is 5.53. The van der Waals surface area contributed by atoms with Crippen molar-refractivity contribution in [2.45, 2.75) is 30.8 Å². The van der Waals surface area contributed by atoms with Crippen molar-refractivity contribution < 1.29 is 0 Å². The topological polar surface area (TPSA) is 12.0 Å². The van der Waals surface area contributed by atoms with Gasteiger partial charge in [-0.3, -0.25) is 0 Å². The quantitative estimate of drug-likeness (QED) is 0.735. The van der Waals surface area contributed by atoms with E-state index in [2.05, 4.69) is 55.8 Å². The highest BCUT2D eigenvalue weighted by molar-refractivity contribution is 7.98. The van der Waals surface area contributed by atoms with Crippen molar-refractivity contribution in [1.82, 2.24) is 5.32 Å². The molecule has 2 rings (SSSR count). The largest absolute Gasteiger partial charge is 0.304 e. The lowest BCUT2D eigenvalue weighted by Crippen LogP contribution is -2.22. The van der Waals surface area contributed by atoms with E-state index in [4.69, 9.17) is 11.6 Å². The fourth-order valence-corrected chi connectivity index (χ4v) is 2.99. The molecule has 2 atom stereocenters. The van der Waals surface area contributed by atoms with Gasteiger partial charge in [-0.1, -0.05) is 41.9 Å². The summed E-state index contributed by atoms with van der Waals surface area (Å²) in [6, 6.07) is 17.2. The summed E-state index contributed by atoms with van der Waals surface area (Å²) in [5.41, 5.74) is 2.43. The van der Waals surface area contributed by atoms with Crippen molar-refractivity contribution in [3.05, 3.63) is 64.7 Å². The zero-order valence-corrected chi connectivity index (χ0v) is 13.6. The third-order valence-corrected chi connectivity index (χ3v) is 4.58. The molecular weight excluding hydrogens is 286 g/mol. The van der Waals surface area contributed by atoms with Crippen LogP contribution < -0.4 is 5.32 Å². The number of hydrogen-bond donors (Lipinski definition) is 1. The number of thioether (sulfide) groups is 1. The summed E-state index contributed by atoms with van der Waals surface area (Å²) < 4.78 is 0. The summed E-state index contributed by atoms with van der Waals surface area (Å²) in [7, 11) is 0. The molecule has 2 aromatic rings.